The third kappa shape index (κ3) is 5.03. The summed E-state index contributed by atoms with van der Waals surface area (Å²) in [6.45, 7) is 26.6. The molecule has 0 spiro atoms. The van der Waals surface area contributed by atoms with Gasteiger partial charge in [-0.3, -0.25) is 0 Å². The third-order valence-electron chi connectivity index (χ3n) is 15.5. The summed E-state index contributed by atoms with van der Waals surface area (Å²) < 4.78 is 6.80. The van der Waals surface area contributed by atoms with Crippen molar-refractivity contribution < 1.29 is 4.42 Å². The Morgan fingerprint density at radius 1 is 0.567 bits per heavy atom. The van der Waals surface area contributed by atoms with Crippen LogP contribution in [-0.4, -0.2) is 12.4 Å². The van der Waals surface area contributed by atoms with Gasteiger partial charge >= 0.3 is 6.85 Å². The zero-order valence-electron chi connectivity index (χ0n) is 37.6. The molecular formula is C56H59BN2O. The highest BCUT2D eigenvalue weighted by Crippen LogP contribution is 2.64. The van der Waals surface area contributed by atoms with E-state index in [2.05, 4.69) is 195 Å². The molecule has 6 aromatic carbocycles. The lowest BCUT2D eigenvalue weighted by molar-refractivity contribution is 0.199. The zero-order valence-corrected chi connectivity index (χ0v) is 37.6. The van der Waals surface area contributed by atoms with Crippen molar-refractivity contribution in [1.82, 2.24) is 0 Å². The van der Waals surface area contributed by atoms with E-state index in [1.165, 1.54) is 109 Å². The van der Waals surface area contributed by atoms with E-state index in [4.69, 9.17) is 4.42 Å². The minimum absolute atomic E-state index is 0.00485. The Kier molecular flexibility index (Phi) is 7.68. The first-order valence-corrected chi connectivity index (χ1v) is 22.5. The molecule has 1 aromatic heterocycles. The standard InChI is InChI=1S/C56H59BN2O/c1-52(2,3)35-23-25-44(39(29-35)34-19-13-12-14-20-34)58-45-33-37(54(7,8)9)30-40-41-31-36(53(4,5)6)32-42-50(41)59(56(11)28-18-17-27-55(42,56)10)57(49(40)45)43-24-26-47-48(51(43)58)38-21-15-16-22-46(38)60-47/h12-16,19-26,29-33H,17-18,27-28H2,1-11H3. The average molecular weight is 787 g/mol. The summed E-state index contributed by atoms with van der Waals surface area (Å²) in [5.41, 5.74) is 20.7. The topological polar surface area (TPSA) is 19.6 Å². The second kappa shape index (κ2) is 12.2. The number of furan rings is 1. The van der Waals surface area contributed by atoms with Gasteiger partial charge in [0, 0.05) is 38.8 Å². The lowest BCUT2D eigenvalue weighted by Gasteiger charge is -2.55. The lowest BCUT2D eigenvalue weighted by Crippen LogP contribution is -2.70. The summed E-state index contributed by atoms with van der Waals surface area (Å²) in [5.74, 6) is 0. The molecule has 1 saturated carbocycles. The first-order chi connectivity index (χ1) is 28.4. The van der Waals surface area contributed by atoms with Crippen LogP contribution in [0.4, 0.5) is 22.7 Å². The van der Waals surface area contributed by atoms with Gasteiger partial charge in [-0.25, -0.2) is 0 Å². The van der Waals surface area contributed by atoms with Gasteiger partial charge in [0.05, 0.1) is 16.8 Å². The molecule has 1 fully saturated rings. The van der Waals surface area contributed by atoms with E-state index in [1.54, 1.807) is 5.56 Å². The van der Waals surface area contributed by atoms with Crippen LogP contribution in [0.15, 0.2) is 114 Å². The van der Waals surface area contributed by atoms with Gasteiger partial charge in [-0.15, -0.1) is 0 Å². The molecule has 1 aliphatic carbocycles. The Labute approximate surface area is 357 Å². The SMILES string of the molecule is CC(C)(C)c1ccc(N2c3cc(C(C)(C)C)cc4c3B(c3ccc5oc6ccccc6c5c32)N2c3c-4cc(C(C)(C)C)cc3C3(C)CCCCC23C)c(-c2ccccc2)c1. The van der Waals surface area contributed by atoms with E-state index < -0.39 is 0 Å². The second-order valence-electron chi connectivity index (χ2n) is 22.1. The number of para-hydroxylation sites is 1. The van der Waals surface area contributed by atoms with Crippen molar-refractivity contribution in [1.29, 1.82) is 0 Å². The van der Waals surface area contributed by atoms with Crippen LogP contribution in [-0.2, 0) is 21.7 Å². The molecule has 3 nitrogen and oxygen atoms in total. The largest absolute Gasteiger partial charge is 0.456 e. The quantitative estimate of drug-likeness (QED) is 0.163. The maximum absolute atomic E-state index is 6.80. The molecule has 3 aliphatic heterocycles. The van der Waals surface area contributed by atoms with E-state index in [9.17, 15) is 0 Å². The number of fused-ring (bicyclic) bond motifs is 11. The fraction of sp³-hybridized carbons (Fsp3) is 0.357. The molecule has 2 atom stereocenters. The van der Waals surface area contributed by atoms with Gasteiger partial charge < -0.3 is 14.1 Å². The van der Waals surface area contributed by atoms with Gasteiger partial charge in [-0.2, -0.15) is 0 Å². The van der Waals surface area contributed by atoms with Crippen molar-refractivity contribution in [3.8, 4) is 22.3 Å². The maximum atomic E-state index is 6.80. The number of hydrogen-bond acceptors (Lipinski definition) is 3. The van der Waals surface area contributed by atoms with Gasteiger partial charge in [0.15, 0.2) is 0 Å². The summed E-state index contributed by atoms with van der Waals surface area (Å²) >= 11 is 0. The highest BCUT2D eigenvalue weighted by atomic mass is 16.3. The molecule has 7 aromatic rings. The first kappa shape index (κ1) is 37.8. The van der Waals surface area contributed by atoms with Crippen molar-refractivity contribution in [3.63, 3.8) is 0 Å². The van der Waals surface area contributed by atoms with E-state index in [-0.39, 0.29) is 34.0 Å². The van der Waals surface area contributed by atoms with Crippen molar-refractivity contribution in [3.05, 3.63) is 131 Å². The van der Waals surface area contributed by atoms with Crippen LogP contribution in [0.1, 0.15) is 124 Å². The van der Waals surface area contributed by atoms with Crippen molar-refractivity contribution in [2.75, 3.05) is 9.71 Å². The molecule has 60 heavy (non-hydrogen) atoms. The predicted molar refractivity (Wildman–Crippen MR) is 257 cm³/mol. The van der Waals surface area contributed by atoms with E-state index >= 15 is 0 Å². The number of benzene rings is 6. The van der Waals surface area contributed by atoms with Crippen LogP contribution >= 0.6 is 0 Å². The Balaban J connectivity index is 1.34. The molecule has 11 rings (SSSR count). The minimum Gasteiger partial charge on any atom is -0.456 e. The number of nitrogens with zero attached hydrogens (tertiary/aromatic N) is 2. The van der Waals surface area contributed by atoms with Crippen molar-refractivity contribution in [2.24, 2.45) is 0 Å². The molecule has 4 heterocycles. The van der Waals surface area contributed by atoms with Crippen LogP contribution in [0.25, 0.3) is 44.2 Å². The number of rotatable bonds is 2. The van der Waals surface area contributed by atoms with Crippen LogP contribution < -0.4 is 20.6 Å². The zero-order chi connectivity index (χ0) is 41.9. The molecule has 0 radical (unpaired) electrons. The highest BCUT2D eigenvalue weighted by molar-refractivity contribution is 6.93. The van der Waals surface area contributed by atoms with Crippen molar-refractivity contribution >= 4 is 62.5 Å². The minimum atomic E-state index is -0.0897. The van der Waals surface area contributed by atoms with Crippen molar-refractivity contribution in [2.45, 2.75) is 129 Å². The molecule has 2 unspecified atom stereocenters. The number of anilines is 4. The summed E-state index contributed by atoms with van der Waals surface area (Å²) in [5, 5.41) is 2.36. The van der Waals surface area contributed by atoms with Gasteiger partial charge in [0.25, 0.3) is 0 Å². The van der Waals surface area contributed by atoms with Crippen LogP contribution in [0.2, 0.25) is 0 Å². The summed E-state index contributed by atoms with van der Waals surface area (Å²) in [6.07, 6.45) is 4.89. The smallest absolute Gasteiger partial charge is 0.328 e. The van der Waals surface area contributed by atoms with Crippen LogP contribution in [0, 0.1) is 0 Å². The second-order valence-corrected chi connectivity index (χ2v) is 22.1. The molecule has 0 saturated heterocycles. The van der Waals surface area contributed by atoms with Gasteiger partial charge in [-0.1, -0.05) is 155 Å². The molecular weight excluding hydrogens is 727 g/mol. The Morgan fingerprint density at radius 3 is 1.95 bits per heavy atom. The summed E-state index contributed by atoms with van der Waals surface area (Å²) in [6, 6.07) is 42.1. The molecule has 0 bridgehead atoms. The molecule has 0 amide bonds. The Morgan fingerprint density at radius 2 is 1.22 bits per heavy atom. The fourth-order valence-electron chi connectivity index (χ4n) is 11.8. The van der Waals surface area contributed by atoms with Gasteiger partial charge in [0.1, 0.15) is 11.2 Å². The van der Waals surface area contributed by atoms with Crippen LogP contribution in [0.5, 0.6) is 0 Å². The summed E-state index contributed by atoms with van der Waals surface area (Å²) in [4.78, 5) is 5.65. The van der Waals surface area contributed by atoms with E-state index in [0.717, 1.165) is 11.2 Å². The van der Waals surface area contributed by atoms with Gasteiger partial charge in [0.2, 0.25) is 0 Å². The Hall–Kier alpha value is -5.22. The first-order valence-electron chi connectivity index (χ1n) is 22.5. The monoisotopic (exact) mass is 786 g/mol. The average Bonchev–Trinajstić information content (AvgIpc) is 3.69. The maximum Gasteiger partial charge on any atom is 0.328 e. The normalized spacial score (nSPS) is 20.7. The Bertz CT molecular complexity index is 2940. The van der Waals surface area contributed by atoms with Gasteiger partial charge in [-0.05, 0) is 117 Å². The van der Waals surface area contributed by atoms with Crippen LogP contribution in [0.3, 0.4) is 0 Å². The summed E-state index contributed by atoms with van der Waals surface area (Å²) in [7, 11) is 0. The molecule has 302 valence electrons. The number of hydrogen-bond donors (Lipinski definition) is 0. The molecule has 4 aliphatic rings. The molecule has 0 N–H and O–H groups in total. The van der Waals surface area contributed by atoms with E-state index in [0.29, 0.717) is 0 Å². The van der Waals surface area contributed by atoms with E-state index in [1.807, 2.05) is 0 Å². The highest BCUT2D eigenvalue weighted by Gasteiger charge is 2.63. The molecule has 4 heteroatoms. The third-order valence-corrected chi connectivity index (χ3v) is 15.5. The fourth-order valence-corrected chi connectivity index (χ4v) is 11.8. The predicted octanol–water partition coefficient (Wildman–Crippen LogP) is 14.1. The lowest BCUT2D eigenvalue weighted by atomic mass is 9.42.